The number of aromatic hydroxyl groups is 1. The standard InChI is InChI=1S/C22H22NOP/c1-15-9-8-14-19(21(15)24)25-22-16(2)10-7-13-18(22)20(23-3)17-11-5-4-6-12-17/h4-14,24-25H,1-3H3. The molecule has 1 atom stereocenters. The molecule has 3 rings (SSSR count). The van der Waals surface area contributed by atoms with Gasteiger partial charge in [0.15, 0.2) is 0 Å². The molecule has 0 aliphatic rings. The summed E-state index contributed by atoms with van der Waals surface area (Å²) in [6.07, 6.45) is 0. The molecule has 0 saturated heterocycles. The van der Waals surface area contributed by atoms with E-state index in [9.17, 15) is 5.11 Å². The highest BCUT2D eigenvalue weighted by molar-refractivity contribution is 7.56. The molecule has 2 nitrogen and oxygen atoms in total. The second kappa shape index (κ2) is 7.63. The first-order valence-electron chi connectivity index (χ1n) is 8.29. The molecule has 1 N–H and O–H groups in total. The predicted octanol–water partition coefficient (Wildman–Crippen LogP) is 4.11. The first-order chi connectivity index (χ1) is 12.1. The minimum Gasteiger partial charge on any atom is -0.507 e. The van der Waals surface area contributed by atoms with Crippen molar-refractivity contribution in [3.8, 4) is 5.75 Å². The summed E-state index contributed by atoms with van der Waals surface area (Å²) < 4.78 is 0. The van der Waals surface area contributed by atoms with Gasteiger partial charge in [0.1, 0.15) is 5.75 Å². The van der Waals surface area contributed by atoms with Crippen molar-refractivity contribution in [2.75, 3.05) is 7.05 Å². The molecule has 3 aromatic carbocycles. The van der Waals surface area contributed by atoms with Crippen LogP contribution in [0.25, 0.3) is 0 Å². The van der Waals surface area contributed by atoms with Gasteiger partial charge in [-0.15, -0.1) is 0 Å². The molecule has 126 valence electrons. The zero-order valence-electron chi connectivity index (χ0n) is 14.7. The van der Waals surface area contributed by atoms with Gasteiger partial charge in [0.05, 0.1) is 5.71 Å². The second-order valence-corrected chi connectivity index (χ2v) is 7.32. The van der Waals surface area contributed by atoms with Gasteiger partial charge in [-0.2, -0.15) is 0 Å². The Kier molecular flexibility index (Phi) is 5.31. The van der Waals surface area contributed by atoms with E-state index in [2.05, 4.69) is 42.2 Å². The van der Waals surface area contributed by atoms with Gasteiger partial charge < -0.3 is 5.11 Å². The lowest BCUT2D eigenvalue weighted by atomic mass is 10.0. The predicted molar refractivity (Wildman–Crippen MR) is 110 cm³/mol. The van der Waals surface area contributed by atoms with Crippen molar-refractivity contribution in [2.45, 2.75) is 13.8 Å². The maximum absolute atomic E-state index is 10.4. The van der Waals surface area contributed by atoms with E-state index in [4.69, 9.17) is 0 Å². The summed E-state index contributed by atoms with van der Waals surface area (Å²) >= 11 is 0. The third-order valence-electron chi connectivity index (χ3n) is 4.30. The van der Waals surface area contributed by atoms with Gasteiger partial charge in [0.25, 0.3) is 0 Å². The molecule has 0 bridgehead atoms. The lowest BCUT2D eigenvalue weighted by molar-refractivity contribution is 0.475. The van der Waals surface area contributed by atoms with Crippen molar-refractivity contribution in [1.29, 1.82) is 0 Å². The number of para-hydroxylation sites is 1. The number of aryl methyl sites for hydroxylation is 2. The summed E-state index contributed by atoms with van der Waals surface area (Å²) in [5, 5.41) is 12.6. The molecule has 0 radical (unpaired) electrons. The van der Waals surface area contributed by atoms with E-state index in [1.54, 1.807) is 0 Å². The molecule has 0 aliphatic heterocycles. The lowest BCUT2D eigenvalue weighted by Crippen LogP contribution is -2.18. The molecule has 0 saturated carbocycles. The first kappa shape index (κ1) is 17.4. The van der Waals surface area contributed by atoms with Gasteiger partial charge in [-0.05, 0) is 30.3 Å². The Morgan fingerprint density at radius 2 is 1.52 bits per heavy atom. The number of benzene rings is 3. The normalized spacial score (nSPS) is 12.0. The van der Waals surface area contributed by atoms with E-state index in [0.29, 0.717) is 14.3 Å². The molecular formula is C22H22NOP. The molecule has 0 fully saturated rings. The molecular weight excluding hydrogens is 325 g/mol. The molecule has 0 heterocycles. The van der Waals surface area contributed by atoms with E-state index in [1.807, 2.05) is 50.4 Å². The number of aliphatic imine (C=N–C) groups is 1. The van der Waals surface area contributed by atoms with Gasteiger partial charge in [0.2, 0.25) is 0 Å². The fourth-order valence-corrected chi connectivity index (χ4v) is 4.31. The molecule has 3 heteroatoms. The van der Waals surface area contributed by atoms with Crippen LogP contribution in [-0.2, 0) is 0 Å². The summed E-state index contributed by atoms with van der Waals surface area (Å²) in [7, 11) is 2.21. The van der Waals surface area contributed by atoms with Gasteiger partial charge >= 0.3 is 0 Å². The maximum atomic E-state index is 10.4. The topological polar surface area (TPSA) is 32.6 Å². The SMILES string of the molecule is CN=C(c1ccccc1)c1cccc(C)c1Pc1cccc(C)c1O. The molecule has 1 unspecified atom stereocenters. The monoisotopic (exact) mass is 347 g/mol. The van der Waals surface area contributed by atoms with Crippen LogP contribution in [0.3, 0.4) is 0 Å². The lowest BCUT2D eigenvalue weighted by Gasteiger charge is -2.16. The fourth-order valence-electron chi connectivity index (χ4n) is 2.93. The summed E-state index contributed by atoms with van der Waals surface area (Å²) in [5.41, 5.74) is 5.35. The van der Waals surface area contributed by atoms with Crippen molar-refractivity contribution in [3.63, 3.8) is 0 Å². The van der Waals surface area contributed by atoms with Crippen molar-refractivity contribution in [3.05, 3.63) is 89.0 Å². The average Bonchev–Trinajstić information content (AvgIpc) is 2.63. The Hall–Kier alpha value is -2.44. The van der Waals surface area contributed by atoms with E-state index in [0.717, 1.165) is 27.7 Å². The molecule has 0 aliphatic carbocycles. The van der Waals surface area contributed by atoms with Crippen LogP contribution < -0.4 is 10.6 Å². The highest BCUT2D eigenvalue weighted by atomic mass is 31.1. The largest absolute Gasteiger partial charge is 0.507 e. The molecule has 0 aromatic heterocycles. The van der Waals surface area contributed by atoms with Crippen LogP contribution in [0.5, 0.6) is 5.75 Å². The number of rotatable bonds is 4. The highest BCUT2D eigenvalue weighted by Crippen LogP contribution is 2.25. The zero-order chi connectivity index (χ0) is 17.8. The zero-order valence-corrected chi connectivity index (χ0v) is 15.7. The van der Waals surface area contributed by atoms with Crippen molar-refractivity contribution < 1.29 is 5.11 Å². The van der Waals surface area contributed by atoms with Crippen molar-refractivity contribution in [1.82, 2.24) is 0 Å². The average molecular weight is 347 g/mol. The molecule has 0 amide bonds. The van der Waals surface area contributed by atoms with Crippen LogP contribution in [0.1, 0.15) is 22.3 Å². The molecule has 25 heavy (non-hydrogen) atoms. The third kappa shape index (κ3) is 3.65. The number of hydrogen-bond acceptors (Lipinski definition) is 2. The second-order valence-electron chi connectivity index (χ2n) is 6.03. The van der Waals surface area contributed by atoms with Crippen molar-refractivity contribution in [2.24, 2.45) is 4.99 Å². The molecule has 3 aromatic rings. The Balaban J connectivity index is 2.11. The quantitative estimate of drug-likeness (QED) is 0.559. The summed E-state index contributed by atoms with van der Waals surface area (Å²) in [5.74, 6) is 0.393. The number of phenols is 1. The highest BCUT2D eigenvalue weighted by Gasteiger charge is 2.15. The Morgan fingerprint density at radius 1 is 0.840 bits per heavy atom. The van der Waals surface area contributed by atoms with E-state index < -0.39 is 0 Å². The third-order valence-corrected chi connectivity index (χ3v) is 5.88. The smallest absolute Gasteiger partial charge is 0.126 e. The van der Waals surface area contributed by atoms with Gasteiger partial charge in [-0.3, -0.25) is 4.99 Å². The Morgan fingerprint density at radius 3 is 2.24 bits per heavy atom. The molecule has 0 spiro atoms. The summed E-state index contributed by atoms with van der Waals surface area (Å²) in [4.78, 5) is 4.57. The minimum absolute atomic E-state index is 0.380. The number of phenolic OH excluding ortho intramolecular Hbond substituents is 1. The van der Waals surface area contributed by atoms with E-state index in [-0.39, 0.29) is 0 Å². The summed E-state index contributed by atoms with van der Waals surface area (Å²) in [6, 6.07) is 22.5. The van der Waals surface area contributed by atoms with E-state index >= 15 is 0 Å². The van der Waals surface area contributed by atoms with Gasteiger partial charge in [-0.1, -0.05) is 75.3 Å². The summed E-state index contributed by atoms with van der Waals surface area (Å²) in [6.45, 7) is 4.06. The van der Waals surface area contributed by atoms with Crippen molar-refractivity contribution >= 4 is 24.9 Å². The van der Waals surface area contributed by atoms with Crippen LogP contribution in [0.15, 0.2) is 71.7 Å². The first-order valence-corrected chi connectivity index (χ1v) is 9.29. The van der Waals surface area contributed by atoms with Crippen LogP contribution in [0, 0.1) is 13.8 Å². The number of nitrogens with zero attached hydrogens (tertiary/aromatic N) is 1. The van der Waals surface area contributed by atoms with E-state index in [1.165, 1.54) is 10.9 Å². The number of hydrogen-bond donors (Lipinski definition) is 1. The van der Waals surface area contributed by atoms with Gasteiger partial charge in [0, 0.05) is 23.5 Å². The van der Waals surface area contributed by atoms with Crippen LogP contribution in [0.4, 0.5) is 0 Å². The van der Waals surface area contributed by atoms with Crippen LogP contribution in [-0.4, -0.2) is 17.9 Å². The van der Waals surface area contributed by atoms with Crippen LogP contribution >= 0.6 is 8.58 Å². The van der Waals surface area contributed by atoms with Gasteiger partial charge in [-0.25, -0.2) is 0 Å². The Labute approximate surface area is 151 Å². The van der Waals surface area contributed by atoms with Crippen LogP contribution in [0.2, 0.25) is 0 Å². The fraction of sp³-hybridized carbons (Fsp3) is 0.136. The Bertz CT molecular complexity index is 917. The maximum Gasteiger partial charge on any atom is 0.126 e. The minimum atomic E-state index is 0.380.